The first-order valence-corrected chi connectivity index (χ1v) is 8.83. The summed E-state index contributed by atoms with van der Waals surface area (Å²) in [7, 11) is -3.86. The van der Waals surface area contributed by atoms with Gasteiger partial charge in [0.2, 0.25) is 0 Å². The van der Waals surface area contributed by atoms with Crippen LogP contribution in [-0.2, 0) is 16.6 Å². The number of urea groups is 1. The summed E-state index contributed by atoms with van der Waals surface area (Å²) < 4.78 is 26.7. The van der Waals surface area contributed by atoms with Crippen LogP contribution in [0.4, 0.5) is 4.79 Å². The molecular weight excluding hydrogens is 312 g/mol. The Balaban J connectivity index is 2.10. The second kappa shape index (κ2) is 7.28. The summed E-state index contributed by atoms with van der Waals surface area (Å²) in [6.45, 7) is 4.44. The van der Waals surface area contributed by atoms with Gasteiger partial charge >= 0.3 is 6.03 Å². The third-order valence-electron chi connectivity index (χ3n) is 3.44. The number of hydrogen-bond donors (Lipinski definition) is 1. The van der Waals surface area contributed by atoms with E-state index in [2.05, 4.69) is 4.72 Å². The molecule has 0 saturated heterocycles. The maximum absolute atomic E-state index is 12.3. The molecule has 0 heterocycles. The maximum Gasteiger partial charge on any atom is 0.331 e. The van der Waals surface area contributed by atoms with E-state index in [9.17, 15) is 13.2 Å². The highest BCUT2D eigenvalue weighted by molar-refractivity contribution is 7.90. The van der Waals surface area contributed by atoms with Gasteiger partial charge in [-0.3, -0.25) is 0 Å². The van der Waals surface area contributed by atoms with Crippen molar-refractivity contribution in [3.63, 3.8) is 0 Å². The van der Waals surface area contributed by atoms with E-state index in [0.29, 0.717) is 13.1 Å². The standard InChI is InChI=1S/C17H20N2O3S/c1-3-19(13-15-7-5-4-6-8-15)17(20)18-23(21,22)16-11-9-14(2)10-12-16/h4-12H,3,13H2,1-2H3,(H,18,20). The fourth-order valence-electron chi connectivity index (χ4n) is 2.09. The van der Waals surface area contributed by atoms with Crippen molar-refractivity contribution in [3.8, 4) is 0 Å². The van der Waals surface area contributed by atoms with Crippen LogP contribution in [0, 0.1) is 6.92 Å². The van der Waals surface area contributed by atoms with E-state index in [1.807, 2.05) is 37.3 Å². The molecule has 0 aliphatic heterocycles. The number of nitrogens with one attached hydrogen (secondary N) is 1. The number of benzene rings is 2. The summed E-state index contributed by atoms with van der Waals surface area (Å²) in [6, 6.07) is 15.2. The molecule has 0 fully saturated rings. The Kier molecular flexibility index (Phi) is 5.39. The summed E-state index contributed by atoms with van der Waals surface area (Å²) in [5.41, 5.74) is 1.90. The van der Waals surface area contributed by atoms with Crippen molar-refractivity contribution in [2.75, 3.05) is 6.54 Å². The maximum atomic E-state index is 12.3. The van der Waals surface area contributed by atoms with Gasteiger partial charge in [-0.15, -0.1) is 0 Å². The Labute approximate surface area is 137 Å². The Morgan fingerprint density at radius 1 is 1.04 bits per heavy atom. The Morgan fingerprint density at radius 2 is 1.65 bits per heavy atom. The molecular formula is C17H20N2O3S. The van der Waals surface area contributed by atoms with Crippen LogP contribution in [0.25, 0.3) is 0 Å². The van der Waals surface area contributed by atoms with Gasteiger partial charge in [-0.05, 0) is 31.5 Å². The molecule has 0 aliphatic rings. The quantitative estimate of drug-likeness (QED) is 0.915. The van der Waals surface area contributed by atoms with Crippen molar-refractivity contribution in [1.82, 2.24) is 9.62 Å². The van der Waals surface area contributed by atoms with Gasteiger partial charge in [-0.2, -0.15) is 0 Å². The molecule has 2 aromatic rings. The average molecular weight is 332 g/mol. The van der Waals surface area contributed by atoms with Gasteiger partial charge in [0, 0.05) is 13.1 Å². The normalized spacial score (nSPS) is 11.0. The first-order valence-electron chi connectivity index (χ1n) is 7.34. The molecule has 0 radical (unpaired) electrons. The molecule has 23 heavy (non-hydrogen) atoms. The zero-order chi connectivity index (χ0) is 16.9. The Hall–Kier alpha value is -2.34. The molecule has 0 aliphatic carbocycles. The molecule has 0 saturated carbocycles. The second-order valence-electron chi connectivity index (χ2n) is 5.22. The molecule has 0 aromatic heterocycles. The zero-order valence-corrected chi connectivity index (χ0v) is 14.0. The average Bonchev–Trinajstić information content (AvgIpc) is 2.53. The molecule has 2 aromatic carbocycles. The molecule has 0 atom stereocenters. The number of sulfonamides is 1. The number of aryl methyl sites for hydroxylation is 1. The van der Waals surface area contributed by atoms with E-state index >= 15 is 0 Å². The summed E-state index contributed by atoms with van der Waals surface area (Å²) >= 11 is 0. The first kappa shape index (κ1) is 17.0. The van der Waals surface area contributed by atoms with Crippen molar-refractivity contribution in [2.45, 2.75) is 25.3 Å². The molecule has 6 heteroatoms. The smallest absolute Gasteiger partial charge is 0.320 e. The largest absolute Gasteiger partial charge is 0.331 e. The molecule has 2 amide bonds. The lowest BCUT2D eigenvalue weighted by Crippen LogP contribution is -2.42. The van der Waals surface area contributed by atoms with Gasteiger partial charge < -0.3 is 4.90 Å². The van der Waals surface area contributed by atoms with Crippen molar-refractivity contribution in [2.24, 2.45) is 0 Å². The van der Waals surface area contributed by atoms with Crippen LogP contribution in [0.1, 0.15) is 18.1 Å². The zero-order valence-electron chi connectivity index (χ0n) is 13.2. The number of carbonyl (C=O) groups excluding carboxylic acids is 1. The number of hydrogen-bond acceptors (Lipinski definition) is 3. The molecule has 2 rings (SSSR count). The third kappa shape index (κ3) is 4.56. The van der Waals surface area contributed by atoms with Crippen LogP contribution < -0.4 is 4.72 Å². The van der Waals surface area contributed by atoms with Crippen molar-refractivity contribution < 1.29 is 13.2 Å². The van der Waals surface area contributed by atoms with E-state index in [0.717, 1.165) is 11.1 Å². The topological polar surface area (TPSA) is 66.5 Å². The van der Waals surface area contributed by atoms with Gasteiger partial charge in [0.1, 0.15) is 0 Å². The fraction of sp³-hybridized carbons (Fsp3) is 0.235. The van der Waals surface area contributed by atoms with Gasteiger partial charge in [-0.25, -0.2) is 17.9 Å². The minimum absolute atomic E-state index is 0.0761. The minimum atomic E-state index is -3.86. The first-order chi connectivity index (χ1) is 10.9. The van der Waals surface area contributed by atoms with Gasteiger partial charge in [0.25, 0.3) is 10.0 Å². The van der Waals surface area contributed by atoms with E-state index in [-0.39, 0.29) is 4.90 Å². The van der Waals surface area contributed by atoms with Crippen LogP contribution in [0.15, 0.2) is 59.5 Å². The summed E-state index contributed by atoms with van der Waals surface area (Å²) in [4.78, 5) is 13.8. The van der Waals surface area contributed by atoms with E-state index in [1.165, 1.54) is 17.0 Å². The number of carbonyl (C=O) groups is 1. The van der Waals surface area contributed by atoms with Crippen molar-refractivity contribution in [1.29, 1.82) is 0 Å². The lowest BCUT2D eigenvalue weighted by atomic mass is 10.2. The fourth-order valence-corrected chi connectivity index (χ4v) is 3.06. The highest BCUT2D eigenvalue weighted by Crippen LogP contribution is 2.11. The molecule has 1 N–H and O–H groups in total. The lowest BCUT2D eigenvalue weighted by Gasteiger charge is -2.21. The number of nitrogens with zero attached hydrogens (tertiary/aromatic N) is 1. The molecule has 0 unspecified atom stereocenters. The van der Waals surface area contributed by atoms with E-state index in [4.69, 9.17) is 0 Å². The van der Waals surface area contributed by atoms with Crippen LogP contribution in [-0.4, -0.2) is 25.9 Å². The lowest BCUT2D eigenvalue weighted by molar-refractivity contribution is 0.204. The highest BCUT2D eigenvalue weighted by atomic mass is 32.2. The Morgan fingerprint density at radius 3 is 2.22 bits per heavy atom. The molecule has 122 valence electrons. The van der Waals surface area contributed by atoms with Crippen LogP contribution in [0.5, 0.6) is 0 Å². The van der Waals surface area contributed by atoms with E-state index < -0.39 is 16.1 Å². The molecule has 5 nitrogen and oxygen atoms in total. The monoisotopic (exact) mass is 332 g/mol. The highest BCUT2D eigenvalue weighted by Gasteiger charge is 2.21. The Bertz CT molecular complexity index is 756. The third-order valence-corrected chi connectivity index (χ3v) is 4.77. The van der Waals surface area contributed by atoms with Gasteiger partial charge in [-0.1, -0.05) is 48.0 Å². The summed E-state index contributed by atoms with van der Waals surface area (Å²) in [5.74, 6) is 0. The van der Waals surface area contributed by atoms with Gasteiger partial charge in [0.05, 0.1) is 4.90 Å². The minimum Gasteiger partial charge on any atom is -0.320 e. The van der Waals surface area contributed by atoms with E-state index in [1.54, 1.807) is 19.1 Å². The van der Waals surface area contributed by atoms with Crippen LogP contribution in [0.2, 0.25) is 0 Å². The van der Waals surface area contributed by atoms with Gasteiger partial charge in [0.15, 0.2) is 0 Å². The van der Waals surface area contributed by atoms with Crippen LogP contribution in [0.3, 0.4) is 0 Å². The number of amides is 2. The molecule has 0 spiro atoms. The number of rotatable bonds is 5. The predicted molar refractivity (Wildman–Crippen MR) is 89.4 cm³/mol. The summed E-state index contributed by atoms with van der Waals surface area (Å²) in [6.07, 6.45) is 0. The molecule has 0 bridgehead atoms. The predicted octanol–water partition coefficient (Wildman–Crippen LogP) is 2.92. The summed E-state index contributed by atoms with van der Waals surface area (Å²) in [5, 5.41) is 0. The second-order valence-corrected chi connectivity index (χ2v) is 6.91. The van der Waals surface area contributed by atoms with Crippen LogP contribution >= 0.6 is 0 Å². The van der Waals surface area contributed by atoms with Crippen molar-refractivity contribution in [3.05, 3.63) is 65.7 Å². The SMILES string of the molecule is CCN(Cc1ccccc1)C(=O)NS(=O)(=O)c1ccc(C)cc1. The van der Waals surface area contributed by atoms with Crippen molar-refractivity contribution >= 4 is 16.1 Å².